The number of carbonyl (C=O) groups is 3. The zero-order valence-corrected chi connectivity index (χ0v) is 40.3. The number of nitrogens with two attached hydrogens (primary N) is 1. The zero-order chi connectivity index (χ0) is 49.9. The maximum absolute atomic E-state index is 12.6. The summed E-state index contributed by atoms with van der Waals surface area (Å²) < 4.78 is 72.0. The Morgan fingerprint density at radius 2 is 1.69 bits per heavy atom. The number of imidazole rings is 1. The molecule has 4 heterocycles. The summed E-state index contributed by atoms with van der Waals surface area (Å²) in [5.41, 5.74) is 4.04. The first-order valence-electron chi connectivity index (χ1n) is 20.8. The van der Waals surface area contributed by atoms with E-state index >= 15 is 0 Å². The number of aliphatic hydroxyl groups excluding tert-OH is 4. The number of amides is 2. The van der Waals surface area contributed by atoms with Crippen LogP contribution in [0.25, 0.3) is 11.2 Å². The lowest BCUT2D eigenvalue weighted by molar-refractivity contribution is -0.347. The number of hydrogen-bond acceptors (Lipinski definition) is 26. The molecular formula is C35H56N7O21P3S-4. The van der Waals surface area contributed by atoms with E-state index < -0.39 is 109 Å². The van der Waals surface area contributed by atoms with Crippen LogP contribution in [0.5, 0.6) is 0 Å². The van der Waals surface area contributed by atoms with Gasteiger partial charge in [0.05, 0.1) is 45.7 Å². The van der Waals surface area contributed by atoms with Crippen molar-refractivity contribution in [3.63, 3.8) is 0 Å². The van der Waals surface area contributed by atoms with E-state index in [1.54, 1.807) is 6.92 Å². The smallest absolute Gasteiger partial charge is 0.274 e. The number of nitrogens with one attached hydrogen (secondary N) is 2. The fourth-order valence-electron chi connectivity index (χ4n) is 6.59. The normalized spacial score (nSPS) is 26.4. The highest BCUT2D eigenvalue weighted by Crippen LogP contribution is 2.56. The molecule has 2 fully saturated rings. The minimum absolute atomic E-state index is 0.0288. The van der Waals surface area contributed by atoms with E-state index in [1.165, 1.54) is 13.8 Å². The van der Waals surface area contributed by atoms with Gasteiger partial charge in [-0.15, -0.1) is 0 Å². The van der Waals surface area contributed by atoms with Crippen LogP contribution in [0.2, 0.25) is 0 Å². The van der Waals surface area contributed by atoms with E-state index in [-0.39, 0.29) is 54.1 Å². The molecule has 2 unspecified atom stereocenters. The van der Waals surface area contributed by atoms with Crippen molar-refractivity contribution >= 4 is 69.1 Å². The molecule has 32 heteroatoms. The fourth-order valence-corrected chi connectivity index (χ4v) is 10.0. The number of fused-ring (bicyclic) bond motifs is 1. The van der Waals surface area contributed by atoms with Gasteiger partial charge in [0, 0.05) is 43.5 Å². The largest absolute Gasteiger partial charge is 0.790 e. The molecule has 2 saturated heterocycles. The summed E-state index contributed by atoms with van der Waals surface area (Å²) in [5, 5.41) is 46.2. The Bertz CT molecular complexity index is 2120. The number of phosphoric acid groups is 3. The second-order valence-corrected chi connectivity index (χ2v) is 21.5. The Morgan fingerprint density at radius 3 is 2.39 bits per heavy atom. The number of aliphatic hydroxyl groups is 4. The number of thioether (sulfide) groups is 1. The number of hydrogen-bond donors (Lipinski definition) is 7. The summed E-state index contributed by atoms with van der Waals surface area (Å²) in [4.78, 5) is 96.8. The van der Waals surface area contributed by atoms with Gasteiger partial charge in [-0.2, -0.15) is 0 Å². The SMILES string of the molecule is C[C@H](CCCCCC(=O)SCCNC(=O)CCNC(=O)[C@H](O)C(C)(C)COP(=O)([O-])OP(=O)([O-])OC[C@H]1O[C@@H](n2cnc3c(N)ncnc32)[C@H](O)[C@@H]1OP(=O)([O-])[O-])O[C@@H]1O[C@@H](C)[C@H](O)C[C@H]1O. The van der Waals surface area contributed by atoms with Crippen molar-refractivity contribution < 1.29 is 100 Å². The average Bonchev–Trinajstić information content (AvgIpc) is 3.79. The van der Waals surface area contributed by atoms with Crippen molar-refractivity contribution in [3.05, 3.63) is 12.7 Å². The van der Waals surface area contributed by atoms with Gasteiger partial charge >= 0.3 is 0 Å². The van der Waals surface area contributed by atoms with Crippen LogP contribution in [0.15, 0.2) is 12.7 Å². The highest BCUT2D eigenvalue weighted by molar-refractivity contribution is 8.13. The number of carbonyl (C=O) groups excluding carboxylic acids is 3. The van der Waals surface area contributed by atoms with Crippen molar-refractivity contribution in [1.29, 1.82) is 0 Å². The predicted octanol–water partition coefficient (Wildman–Crippen LogP) is -2.65. The van der Waals surface area contributed by atoms with Crippen molar-refractivity contribution in [1.82, 2.24) is 30.2 Å². The third kappa shape index (κ3) is 17.9. The lowest BCUT2D eigenvalue weighted by atomic mass is 9.87. The standard InChI is InChI=1S/C35H60N7O21P3S/c1-19(59-34-22(44)14-21(43)20(2)60-34)8-6-5-7-9-25(46)67-13-12-37-24(45)10-11-38-32(49)29(48)35(3,4)16-58-66(55,56)63-65(53,54)57-15-23-28(62-64(50,51)52)27(47)33(61-23)42-18-41-26-30(36)39-17-40-31(26)42/h17-23,27-29,33-34,43-44,47-48H,5-16H2,1-4H3,(H,37,45)(H,38,49)(H,53,54)(H,55,56)(H2,36,39,40)(H2,50,51,52)/p-4/t19-,20+,21-,22-,23-,27-,28-,29+,33-,34-/m1/s1. The van der Waals surface area contributed by atoms with Crippen LogP contribution in [-0.2, 0) is 60.2 Å². The second kappa shape index (κ2) is 25.0. The van der Waals surface area contributed by atoms with Gasteiger partial charge in [0.25, 0.3) is 15.6 Å². The lowest BCUT2D eigenvalue weighted by Gasteiger charge is -2.36. The number of phosphoric ester groups is 3. The van der Waals surface area contributed by atoms with Gasteiger partial charge in [0.1, 0.15) is 42.4 Å². The van der Waals surface area contributed by atoms with Gasteiger partial charge in [-0.3, -0.25) is 28.1 Å². The van der Waals surface area contributed by atoms with Gasteiger partial charge in [-0.25, -0.2) is 19.3 Å². The van der Waals surface area contributed by atoms with Gasteiger partial charge in [-0.05, 0) is 26.7 Å². The molecule has 382 valence electrons. The number of unbranched alkanes of at least 4 members (excludes halogenated alkanes) is 2. The summed E-state index contributed by atoms with van der Waals surface area (Å²) in [6.07, 6.45) is -7.39. The van der Waals surface area contributed by atoms with Crippen LogP contribution in [0.1, 0.15) is 78.9 Å². The molecule has 0 spiro atoms. The maximum Gasteiger partial charge on any atom is 0.274 e. The third-order valence-corrected chi connectivity index (χ3v) is 14.2. The van der Waals surface area contributed by atoms with Crippen molar-refractivity contribution in [2.45, 2.75) is 134 Å². The topological polar surface area (TPSA) is 434 Å². The molecule has 28 nitrogen and oxygen atoms in total. The Labute approximate surface area is 388 Å². The molecule has 0 aromatic carbocycles. The molecule has 4 rings (SSSR count). The zero-order valence-electron chi connectivity index (χ0n) is 36.8. The van der Waals surface area contributed by atoms with Crippen LogP contribution < -0.4 is 35.9 Å². The molecule has 2 aromatic heterocycles. The second-order valence-electron chi connectivity index (χ2n) is 16.3. The molecular weight excluding hydrogens is 979 g/mol. The van der Waals surface area contributed by atoms with Crippen LogP contribution in [-0.4, -0.2) is 144 Å². The van der Waals surface area contributed by atoms with Crippen LogP contribution >= 0.6 is 35.2 Å². The van der Waals surface area contributed by atoms with Gasteiger partial charge in [0.15, 0.2) is 29.1 Å². The van der Waals surface area contributed by atoms with Crippen molar-refractivity contribution in [2.24, 2.45) is 5.41 Å². The van der Waals surface area contributed by atoms with Gasteiger partial charge in [-0.1, -0.05) is 38.5 Å². The average molecular weight is 1040 g/mol. The number of ether oxygens (including phenoxy) is 3. The molecule has 12 atom stereocenters. The molecule has 0 radical (unpaired) electrons. The van der Waals surface area contributed by atoms with Gasteiger partial charge in [0.2, 0.25) is 11.8 Å². The fraction of sp³-hybridized carbons (Fsp3) is 0.771. The van der Waals surface area contributed by atoms with Crippen molar-refractivity contribution in [2.75, 3.05) is 37.8 Å². The lowest BCUT2D eigenvalue weighted by Crippen LogP contribution is -2.48. The minimum Gasteiger partial charge on any atom is -0.790 e. The molecule has 0 aliphatic carbocycles. The summed E-state index contributed by atoms with van der Waals surface area (Å²) in [6, 6.07) is 0. The molecule has 8 N–H and O–H groups in total. The summed E-state index contributed by atoms with van der Waals surface area (Å²) >= 11 is 1.06. The first kappa shape index (κ1) is 57.0. The molecule has 67 heavy (non-hydrogen) atoms. The number of nitrogen functional groups attached to an aromatic ring is 1. The number of rotatable bonds is 27. The van der Waals surface area contributed by atoms with Gasteiger partial charge < -0.3 is 88.7 Å². The summed E-state index contributed by atoms with van der Waals surface area (Å²) in [7, 11) is -17.7. The Morgan fingerprint density at radius 1 is 0.985 bits per heavy atom. The highest BCUT2D eigenvalue weighted by Gasteiger charge is 2.47. The van der Waals surface area contributed by atoms with E-state index in [9.17, 15) is 68.1 Å². The van der Waals surface area contributed by atoms with Crippen molar-refractivity contribution in [3.8, 4) is 0 Å². The Hall–Kier alpha value is -2.60. The Balaban J connectivity index is 1.11. The summed E-state index contributed by atoms with van der Waals surface area (Å²) in [6.45, 7) is 3.56. The number of anilines is 1. The van der Waals surface area contributed by atoms with E-state index in [4.69, 9.17) is 19.9 Å². The van der Waals surface area contributed by atoms with E-state index in [0.717, 1.165) is 41.8 Å². The van der Waals surface area contributed by atoms with E-state index in [2.05, 4.69) is 43.5 Å². The highest BCUT2D eigenvalue weighted by atomic mass is 32.2. The molecule has 0 saturated carbocycles. The molecule has 2 aromatic rings. The number of nitrogens with zero attached hydrogens (tertiary/aromatic N) is 4. The Kier molecular flexibility index (Phi) is 21.2. The van der Waals surface area contributed by atoms with Crippen LogP contribution in [0.3, 0.4) is 0 Å². The molecule has 2 aliphatic heterocycles. The summed E-state index contributed by atoms with van der Waals surface area (Å²) in [5.74, 6) is -1.30. The molecule has 2 amide bonds. The predicted molar refractivity (Wildman–Crippen MR) is 223 cm³/mol. The molecule has 2 aliphatic rings. The quantitative estimate of drug-likeness (QED) is 0.0355. The third-order valence-electron chi connectivity index (χ3n) is 10.3. The van der Waals surface area contributed by atoms with E-state index in [1.807, 2.05) is 6.92 Å². The number of aromatic nitrogens is 4. The van der Waals surface area contributed by atoms with Crippen LogP contribution in [0, 0.1) is 5.41 Å². The monoisotopic (exact) mass is 1040 g/mol. The minimum atomic E-state index is -5.94. The first-order valence-corrected chi connectivity index (χ1v) is 26.2. The maximum atomic E-state index is 12.6. The first-order chi connectivity index (χ1) is 31.2. The molecule has 0 bridgehead atoms. The van der Waals surface area contributed by atoms with Crippen LogP contribution in [0.4, 0.5) is 5.82 Å². The van der Waals surface area contributed by atoms with E-state index in [0.29, 0.717) is 25.0 Å².